The van der Waals surface area contributed by atoms with E-state index >= 15 is 0 Å². The molecule has 6 nitrogen and oxygen atoms in total. The highest BCUT2D eigenvalue weighted by molar-refractivity contribution is 7.93. The van der Waals surface area contributed by atoms with Gasteiger partial charge in [-0.3, -0.25) is 9.62 Å². The molecule has 0 saturated carbocycles. The van der Waals surface area contributed by atoms with E-state index in [9.17, 15) is 12.8 Å². The van der Waals surface area contributed by atoms with Crippen LogP contribution >= 0.6 is 34.5 Å². The zero-order valence-corrected chi connectivity index (χ0v) is 18.8. The number of nitrogens with zero attached hydrogens (tertiary/aromatic N) is 2. The lowest BCUT2D eigenvalue weighted by Gasteiger charge is -2.21. The van der Waals surface area contributed by atoms with Crippen molar-refractivity contribution in [3.8, 4) is 0 Å². The number of hydrogen-bond donors (Lipinski definition) is 2. The van der Waals surface area contributed by atoms with Gasteiger partial charge in [0.25, 0.3) is 10.0 Å². The summed E-state index contributed by atoms with van der Waals surface area (Å²) in [5.74, 6) is 0.293. The molecule has 2 aliphatic heterocycles. The van der Waals surface area contributed by atoms with Crippen molar-refractivity contribution in [1.29, 1.82) is 0 Å². The van der Waals surface area contributed by atoms with Crippen LogP contribution in [0.25, 0.3) is 0 Å². The van der Waals surface area contributed by atoms with Crippen molar-refractivity contribution in [2.75, 3.05) is 29.7 Å². The highest BCUT2D eigenvalue weighted by atomic mass is 35.5. The summed E-state index contributed by atoms with van der Waals surface area (Å²) >= 11 is 13.0. The second kappa shape index (κ2) is 8.19. The van der Waals surface area contributed by atoms with Crippen LogP contribution in [0.15, 0.2) is 23.2 Å². The molecule has 0 amide bonds. The van der Waals surface area contributed by atoms with E-state index < -0.39 is 20.7 Å². The molecular weight excluding hydrogens is 458 g/mol. The summed E-state index contributed by atoms with van der Waals surface area (Å²) < 4.78 is 42.2. The molecule has 0 bridgehead atoms. The molecule has 1 aromatic carbocycles. The predicted octanol–water partition coefficient (Wildman–Crippen LogP) is 4.53. The smallest absolute Gasteiger partial charge is 0.266 e. The first-order valence-electron chi connectivity index (χ1n) is 9.34. The van der Waals surface area contributed by atoms with Crippen molar-refractivity contribution in [3.05, 3.63) is 33.5 Å². The fourth-order valence-corrected chi connectivity index (χ4v) is 6.70. The van der Waals surface area contributed by atoms with Gasteiger partial charge in [0.15, 0.2) is 5.13 Å². The Kier molecular flexibility index (Phi) is 5.96. The van der Waals surface area contributed by atoms with Crippen LogP contribution in [-0.4, -0.2) is 44.0 Å². The molecule has 3 heterocycles. The minimum atomic E-state index is -4.17. The Morgan fingerprint density at radius 2 is 2.17 bits per heavy atom. The molecule has 3 atom stereocenters. The summed E-state index contributed by atoms with van der Waals surface area (Å²) in [6.45, 7) is 5.17. The third kappa shape index (κ3) is 4.49. The molecule has 11 heteroatoms. The summed E-state index contributed by atoms with van der Waals surface area (Å²) in [5.41, 5.74) is 0.393. The Bertz CT molecular complexity index is 1020. The molecule has 29 heavy (non-hydrogen) atoms. The zero-order valence-electron chi connectivity index (χ0n) is 15.7. The maximum Gasteiger partial charge on any atom is 0.266 e. The van der Waals surface area contributed by atoms with Gasteiger partial charge in [0.1, 0.15) is 15.0 Å². The number of hydrogen-bond acceptors (Lipinski definition) is 6. The minimum absolute atomic E-state index is 0.0595. The van der Waals surface area contributed by atoms with Crippen LogP contribution in [-0.2, 0) is 10.0 Å². The van der Waals surface area contributed by atoms with E-state index in [4.69, 9.17) is 23.2 Å². The Morgan fingerprint density at radius 3 is 2.90 bits per heavy atom. The Hall–Kier alpha value is -1.13. The first-order chi connectivity index (χ1) is 13.7. The summed E-state index contributed by atoms with van der Waals surface area (Å²) in [6.07, 6.45) is 3.59. The van der Waals surface area contributed by atoms with Crippen LogP contribution in [0.4, 0.5) is 15.2 Å². The number of nitrogens with one attached hydrogen (secondary N) is 2. The second-order valence-corrected chi connectivity index (χ2v) is 11.4. The van der Waals surface area contributed by atoms with Gasteiger partial charge in [0.05, 0.1) is 16.9 Å². The van der Waals surface area contributed by atoms with E-state index in [0.29, 0.717) is 34.4 Å². The highest BCUT2D eigenvalue weighted by Crippen LogP contribution is 2.36. The zero-order chi connectivity index (χ0) is 20.8. The Morgan fingerprint density at radius 1 is 1.38 bits per heavy atom. The van der Waals surface area contributed by atoms with E-state index in [1.807, 2.05) is 0 Å². The molecule has 0 aliphatic carbocycles. The van der Waals surface area contributed by atoms with Crippen molar-refractivity contribution in [2.45, 2.75) is 30.7 Å². The monoisotopic (exact) mass is 478 g/mol. The number of sulfonamides is 1. The van der Waals surface area contributed by atoms with Crippen LogP contribution in [0.1, 0.15) is 19.8 Å². The third-order valence-electron chi connectivity index (χ3n) is 5.56. The molecule has 2 saturated heterocycles. The molecule has 0 spiro atoms. The third-order valence-corrected chi connectivity index (χ3v) is 8.38. The maximum absolute atomic E-state index is 14.6. The van der Waals surface area contributed by atoms with Gasteiger partial charge >= 0.3 is 0 Å². The van der Waals surface area contributed by atoms with Crippen molar-refractivity contribution in [2.24, 2.45) is 11.8 Å². The largest absolute Gasteiger partial charge is 0.383 e. The summed E-state index contributed by atoms with van der Waals surface area (Å²) in [5, 5.41) is 3.42. The Balaban J connectivity index is 1.47. The van der Waals surface area contributed by atoms with Gasteiger partial charge in [-0.15, -0.1) is 0 Å². The van der Waals surface area contributed by atoms with Crippen molar-refractivity contribution in [1.82, 2.24) is 9.88 Å². The van der Waals surface area contributed by atoms with Crippen molar-refractivity contribution >= 4 is 55.4 Å². The average Bonchev–Trinajstić information content (AvgIpc) is 3.31. The summed E-state index contributed by atoms with van der Waals surface area (Å²) in [4.78, 5) is 5.81. The van der Waals surface area contributed by atoms with Crippen LogP contribution in [0.3, 0.4) is 0 Å². The lowest BCUT2D eigenvalue weighted by molar-refractivity contribution is 0.294. The van der Waals surface area contributed by atoms with Gasteiger partial charge in [-0.1, -0.05) is 41.5 Å². The average molecular weight is 479 g/mol. The lowest BCUT2D eigenvalue weighted by atomic mass is 9.95. The van der Waals surface area contributed by atoms with Crippen molar-refractivity contribution < 1.29 is 12.8 Å². The second-order valence-electron chi connectivity index (χ2n) is 7.67. The molecule has 0 radical (unpaired) electrons. The van der Waals surface area contributed by atoms with E-state index in [1.165, 1.54) is 12.6 Å². The Labute approximate surface area is 183 Å². The van der Waals surface area contributed by atoms with Gasteiger partial charge in [-0.2, -0.15) is 0 Å². The quantitative estimate of drug-likeness (QED) is 0.637. The molecule has 2 unspecified atom stereocenters. The molecular formula is C18H21Cl2FN4O2S2. The van der Waals surface area contributed by atoms with E-state index in [-0.39, 0.29) is 10.2 Å². The number of benzene rings is 1. The fraction of sp³-hybridized carbons (Fsp3) is 0.500. The van der Waals surface area contributed by atoms with E-state index in [0.717, 1.165) is 43.0 Å². The van der Waals surface area contributed by atoms with Crippen LogP contribution in [0, 0.1) is 17.7 Å². The fourth-order valence-electron chi connectivity index (χ4n) is 4.26. The van der Waals surface area contributed by atoms with Gasteiger partial charge in [-0.05, 0) is 43.4 Å². The van der Waals surface area contributed by atoms with Gasteiger partial charge in [0.2, 0.25) is 0 Å². The first kappa shape index (κ1) is 21.1. The first-order valence-corrected chi connectivity index (χ1v) is 12.4. The number of anilines is 2. The van der Waals surface area contributed by atoms with Crippen LogP contribution in [0.5, 0.6) is 0 Å². The van der Waals surface area contributed by atoms with Crippen LogP contribution in [0.2, 0.25) is 9.36 Å². The number of thiazole rings is 1. The number of rotatable bonds is 6. The number of fused-ring (bicyclic) bond motifs is 1. The molecule has 158 valence electrons. The predicted molar refractivity (Wildman–Crippen MR) is 115 cm³/mol. The number of aromatic nitrogens is 1. The van der Waals surface area contributed by atoms with E-state index in [1.54, 1.807) is 0 Å². The molecule has 2 aliphatic rings. The van der Waals surface area contributed by atoms with Gasteiger partial charge in [0, 0.05) is 19.1 Å². The normalized spacial score (nSPS) is 24.6. The number of halogens is 3. The van der Waals surface area contributed by atoms with Crippen molar-refractivity contribution in [3.63, 3.8) is 0 Å². The molecule has 4 rings (SSSR count). The summed E-state index contributed by atoms with van der Waals surface area (Å²) in [6, 6.07) is 2.81. The van der Waals surface area contributed by atoms with Crippen LogP contribution < -0.4 is 10.0 Å². The van der Waals surface area contributed by atoms with Gasteiger partial charge < -0.3 is 5.32 Å². The summed E-state index contributed by atoms with van der Waals surface area (Å²) in [7, 11) is -4.17. The maximum atomic E-state index is 14.6. The standard InChI is InChI=1S/C18H21Cl2FN4O2S2/c1-10-4-15-11(2-3-25(15)9-10)7-22-14-6-13(21)16(5-12(14)19)29(26,27)24-18-23-8-17(20)28-18/h5-6,8,10-11,15,22H,2-4,7,9H2,1H3,(H,23,24)/t10?,11-,15?/m0/s1. The SMILES string of the molecule is CC1CC2[C@H](CNc3cc(F)c(S(=O)(=O)Nc4ncc(Cl)s4)cc3Cl)CCN2C1. The molecule has 2 fully saturated rings. The highest BCUT2D eigenvalue weighted by Gasteiger charge is 2.39. The minimum Gasteiger partial charge on any atom is -0.383 e. The molecule has 2 aromatic rings. The molecule has 1 aromatic heterocycles. The lowest BCUT2D eigenvalue weighted by Crippen LogP contribution is -2.29. The van der Waals surface area contributed by atoms with Gasteiger partial charge in [-0.25, -0.2) is 17.8 Å². The topological polar surface area (TPSA) is 74.3 Å². The molecule has 2 N–H and O–H groups in total. The van der Waals surface area contributed by atoms with E-state index in [2.05, 4.69) is 26.8 Å².